The summed E-state index contributed by atoms with van der Waals surface area (Å²) >= 11 is 0. The number of para-hydroxylation sites is 1. The van der Waals surface area contributed by atoms with Crippen LogP contribution in [0.3, 0.4) is 0 Å². The Morgan fingerprint density at radius 3 is 2.52 bits per heavy atom. The number of anilines is 4. The topological polar surface area (TPSA) is 92.0 Å². The number of hydrogen-bond acceptors (Lipinski definition) is 7. The van der Waals surface area contributed by atoms with Crippen LogP contribution in [0.5, 0.6) is 0 Å². The van der Waals surface area contributed by atoms with Crippen LogP contribution in [0.2, 0.25) is 0 Å². The molecule has 3 heterocycles. The normalized spacial score (nSPS) is 14.0. The van der Waals surface area contributed by atoms with Crippen molar-refractivity contribution in [2.24, 2.45) is 0 Å². The van der Waals surface area contributed by atoms with E-state index in [1.54, 1.807) is 24.4 Å². The van der Waals surface area contributed by atoms with Crippen LogP contribution in [0.4, 0.5) is 27.7 Å². The van der Waals surface area contributed by atoms with Crippen LogP contribution in [0.25, 0.3) is 22.0 Å². The summed E-state index contributed by atoms with van der Waals surface area (Å²) in [4.78, 5) is 15.8. The Balaban J connectivity index is 1.48. The molecule has 4 aromatic rings. The number of aromatic nitrogens is 3. The van der Waals surface area contributed by atoms with Crippen LogP contribution in [-0.4, -0.2) is 41.1 Å². The highest BCUT2D eigenvalue weighted by atomic mass is 19.1. The Kier molecular flexibility index (Phi) is 5.05. The van der Waals surface area contributed by atoms with Crippen molar-refractivity contribution in [3.05, 3.63) is 66.6 Å². The summed E-state index contributed by atoms with van der Waals surface area (Å²) in [5.41, 5.74) is 8.68. The largest absolute Gasteiger partial charge is 0.383 e. The van der Waals surface area contributed by atoms with E-state index < -0.39 is 0 Å². The molecule has 0 unspecified atom stereocenters. The number of nitrogen functional groups attached to an aromatic ring is 1. The van der Waals surface area contributed by atoms with E-state index in [0.717, 1.165) is 37.7 Å². The third-order valence-electron chi connectivity index (χ3n) is 5.37. The van der Waals surface area contributed by atoms with Gasteiger partial charge in [0.15, 0.2) is 0 Å². The van der Waals surface area contributed by atoms with Crippen LogP contribution in [0, 0.1) is 5.82 Å². The highest BCUT2D eigenvalue weighted by Gasteiger charge is 2.14. The lowest BCUT2D eigenvalue weighted by atomic mass is 10.0. The number of halogens is 1. The molecule has 1 fully saturated rings. The Hall–Kier alpha value is -3.78. The number of piperazine rings is 1. The van der Waals surface area contributed by atoms with Gasteiger partial charge in [-0.05, 0) is 24.3 Å². The monoisotopic (exact) mass is 415 g/mol. The molecule has 8 heteroatoms. The number of nitrogens with zero attached hydrogens (tertiary/aromatic N) is 4. The number of pyridine rings is 1. The van der Waals surface area contributed by atoms with E-state index in [1.165, 1.54) is 6.07 Å². The molecule has 2 aromatic heterocycles. The molecule has 0 radical (unpaired) electrons. The van der Waals surface area contributed by atoms with Gasteiger partial charge in [0.1, 0.15) is 17.5 Å². The first-order chi connectivity index (χ1) is 15.2. The number of benzene rings is 2. The van der Waals surface area contributed by atoms with Crippen molar-refractivity contribution in [2.75, 3.05) is 42.1 Å². The van der Waals surface area contributed by atoms with Crippen LogP contribution in [0.1, 0.15) is 0 Å². The van der Waals surface area contributed by atoms with Crippen molar-refractivity contribution in [2.45, 2.75) is 0 Å². The second-order valence-corrected chi connectivity index (χ2v) is 7.38. The van der Waals surface area contributed by atoms with Crippen molar-refractivity contribution in [3.8, 4) is 11.1 Å². The summed E-state index contributed by atoms with van der Waals surface area (Å²) in [6.07, 6.45) is 1.75. The number of hydrogen-bond donors (Lipinski definition) is 3. The molecule has 0 amide bonds. The molecule has 7 nitrogen and oxygen atoms in total. The fraction of sp³-hybridized carbons (Fsp3) is 0.174. The zero-order valence-corrected chi connectivity index (χ0v) is 16.8. The van der Waals surface area contributed by atoms with Gasteiger partial charge in [0.05, 0.1) is 17.4 Å². The SMILES string of the molecule is Nc1nc(Nc2ccc(N3CCNCC3)nc2)nc2c(-c3ccccc3F)cccc12. The Labute approximate surface area is 179 Å². The number of fused-ring (bicyclic) bond motifs is 1. The highest BCUT2D eigenvalue weighted by Crippen LogP contribution is 2.32. The second-order valence-electron chi connectivity index (χ2n) is 7.38. The summed E-state index contributed by atoms with van der Waals surface area (Å²) in [6.45, 7) is 3.78. The van der Waals surface area contributed by atoms with Crippen LogP contribution >= 0.6 is 0 Å². The van der Waals surface area contributed by atoms with Gasteiger partial charge >= 0.3 is 0 Å². The number of nitrogens with two attached hydrogens (primary N) is 1. The summed E-state index contributed by atoms with van der Waals surface area (Å²) in [5, 5.41) is 7.18. The van der Waals surface area contributed by atoms with Gasteiger partial charge in [-0.15, -0.1) is 0 Å². The van der Waals surface area contributed by atoms with Gasteiger partial charge in [-0.1, -0.05) is 30.3 Å². The molecule has 5 rings (SSSR count). The second kappa shape index (κ2) is 8.16. The molecular formula is C23H22FN7. The predicted molar refractivity (Wildman–Crippen MR) is 122 cm³/mol. The van der Waals surface area contributed by atoms with E-state index in [9.17, 15) is 4.39 Å². The quantitative estimate of drug-likeness (QED) is 0.469. The van der Waals surface area contributed by atoms with Gasteiger partial charge in [-0.25, -0.2) is 14.4 Å². The van der Waals surface area contributed by atoms with E-state index in [4.69, 9.17) is 5.73 Å². The van der Waals surface area contributed by atoms with Gasteiger partial charge in [0, 0.05) is 42.7 Å². The molecule has 31 heavy (non-hydrogen) atoms. The van der Waals surface area contributed by atoms with E-state index in [1.807, 2.05) is 30.3 Å². The number of rotatable bonds is 4. The molecule has 2 aromatic carbocycles. The smallest absolute Gasteiger partial charge is 0.229 e. The maximum absolute atomic E-state index is 14.4. The summed E-state index contributed by atoms with van der Waals surface area (Å²) < 4.78 is 14.4. The van der Waals surface area contributed by atoms with Gasteiger partial charge < -0.3 is 21.3 Å². The lowest BCUT2D eigenvalue weighted by Gasteiger charge is -2.28. The third kappa shape index (κ3) is 3.85. The van der Waals surface area contributed by atoms with Gasteiger partial charge in [0.25, 0.3) is 0 Å². The zero-order valence-electron chi connectivity index (χ0n) is 16.8. The van der Waals surface area contributed by atoms with Crippen molar-refractivity contribution >= 4 is 34.2 Å². The van der Waals surface area contributed by atoms with E-state index >= 15 is 0 Å². The molecule has 0 spiro atoms. The predicted octanol–water partition coefficient (Wildman–Crippen LogP) is 3.57. The zero-order chi connectivity index (χ0) is 21.2. The fourth-order valence-corrected chi connectivity index (χ4v) is 3.80. The lowest BCUT2D eigenvalue weighted by Crippen LogP contribution is -2.43. The summed E-state index contributed by atoms with van der Waals surface area (Å²) in [7, 11) is 0. The maximum Gasteiger partial charge on any atom is 0.229 e. The number of nitrogens with one attached hydrogen (secondary N) is 2. The average molecular weight is 415 g/mol. The van der Waals surface area contributed by atoms with Crippen molar-refractivity contribution in [1.29, 1.82) is 0 Å². The summed E-state index contributed by atoms with van der Waals surface area (Å²) in [6, 6.07) is 16.0. The average Bonchev–Trinajstić information content (AvgIpc) is 2.80. The molecule has 0 bridgehead atoms. The molecule has 156 valence electrons. The molecule has 0 aliphatic carbocycles. The molecular weight excluding hydrogens is 393 g/mol. The van der Waals surface area contributed by atoms with E-state index in [-0.39, 0.29) is 5.82 Å². The Morgan fingerprint density at radius 1 is 0.935 bits per heavy atom. The first-order valence-electron chi connectivity index (χ1n) is 10.2. The minimum absolute atomic E-state index is 0.311. The van der Waals surface area contributed by atoms with E-state index in [2.05, 4.69) is 30.5 Å². The minimum atomic E-state index is -0.311. The fourth-order valence-electron chi connectivity index (χ4n) is 3.80. The van der Waals surface area contributed by atoms with Gasteiger partial charge in [-0.3, -0.25) is 0 Å². The minimum Gasteiger partial charge on any atom is -0.383 e. The Morgan fingerprint density at radius 2 is 1.74 bits per heavy atom. The van der Waals surface area contributed by atoms with Gasteiger partial charge in [0.2, 0.25) is 5.95 Å². The molecule has 0 atom stereocenters. The molecule has 1 saturated heterocycles. The van der Waals surface area contributed by atoms with Crippen LogP contribution in [0.15, 0.2) is 60.8 Å². The first kappa shape index (κ1) is 19.2. The van der Waals surface area contributed by atoms with Gasteiger partial charge in [-0.2, -0.15) is 4.98 Å². The highest BCUT2D eigenvalue weighted by molar-refractivity contribution is 5.99. The first-order valence-corrected chi connectivity index (χ1v) is 10.2. The molecule has 1 aliphatic rings. The molecule has 0 saturated carbocycles. The Bertz CT molecular complexity index is 1220. The molecule has 1 aliphatic heterocycles. The van der Waals surface area contributed by atoms with Crippen molar-refractivity contribution in [1.82, 2.24) is 20.3 Å². The van der Waals surface area contributed by atoms with Crippen molar-refractivity contribution in [3.63, 3.8) is 0 Å². The molecule has 4 N–H and O–H groups in total. The van der Waals surface area contributed by atoms with Crippen LogP contribution < -0.4 is 21.3 Å². The maximum atomic E-state index is 14.4. The third-order valence-corrected chi connectivity index (χ3v) is 5.37. The lowest BCUT2D eigenvalue weighted by molar-refractivity contribution is 0.585. The van der Waals surface area contributed by atoms with Crippen molar-refractivity contribution < 1.29 is 4.39 Å². The summed E-state index contributed by atoms with van der Waals surface area (Å²) in [5.74, 6) is 1.30. The van der Waals surface area contributed by atoms with Crippen LogP contribution in [-0.2, 0) is 0 Å². The standard InChI is InChI=1S/C23H22FN7/c24-19-7-2-1-4-16(19)17-5-3-6-18-21(17)29-23(30-22(18)25)28-15-8-9-20(27-14-15)31-12-10-26-11-13-31/h1-9,14,26H,10-13H2,(H3,25,28,29,30). The van der Waals surface area contributed by atoms with E-state index in [0.29, 0.717) is 33.8 Å².